The molecule has 0 aliphatic carbocycles. The molecule has 1 amide bonds. The van der Waals surface area contributed by atoms with E-state index in [-0.39, 0.29) is 18.2 Å². The van der Waals surface area contributed by atoms with E-state index in [2.05, 4.69) is 5.32 Å². The zero-order valence-electron chi connectivity index (χ0n) is 9.03. The molecule has 0 aromatic rings. The Morgan fingerprint density at radius 1 is 1.53 bits per heavy atom. The van der Waals surface area contributed by atoms with Crippen molar-refractivity contribution in [3.8, 4) is 0 Å². The number of carbonyl (C=O) groups is 2. The third-order valence-corrected chi connectivity index (χ3v) is 2.68. The summed E-state index contributed by atoms with van der Waals surface area (Å²) in [6, 6.07) is 0. The van der Waals surface area contributed by atoms with Crippen LogP contribution in [0, 0.1) is 5.92 Å². The largest absolute Gasteiger partial charge is 0.481 e. The fourth-order valence-electron chi connectivity index (χ4n) is 1.75. The molecule has 1 atom stereocenters. The van der Waals surface area contributed by atoms with Crippen LogP contribution < -0.4 is 5.32 Å². The van der Waals surface area contributed by atoms with Crippen LogP contribution in [0.2, 0.25) is 0 Å². The summed E-state index contributed by atoms with van der Waals surface area (Å²) < 4.78 is 0. The highest BCUT2D eigenvalue weighted by Gasteiger charge is 2.23. The van der Waals surface area contributed by atoms with Crippen molar-refractivity contribution in [1.82, 2.24) is 10.2 Å². The van der Waals surface area contributed by atoms with Gasteiger partial charge in [-0.05, 0) is 19.4 Å². The van der Waals surface area contributed by atoms with Gasteiger partial charge in [-0.15, -0.1) is 0 Å². The molecule has 0 bridgehead atoms. The smallest absolute Gasteiger partial charge is 0.305 e. The number of carboxylic acids is 1. The van der Waals surface area contributed by atoms with E-state index in [9.17, 15) is 9.59 Å². The number of piperidine rings is 1. The van der Waals surface area contributed by atoms with Crippen molar-refractivity contribution in [2.45, 2.75) is 19.3 Å². The van der Waals surface area contributed by atoms with Gasteiger partial charge < -0.3 is 15.3 Å². The van der Waals surface area contributed by atoms with Crippen molar-refractivity contribution in [3.63, 3.8) is 0 Å². The Hall–Kier alpha value is -1.10. The third kappa shape index (κ3) is 3.87. The molecule has 0 spiro atoms. The molecule has 0 radical (unpaired) electrons. The van der Waals surface area contributed by atoms with E-state index in [1.54, 1.807) is 7.05 Å². The Morgan fingerprint density at radius 3 is 2.80 bits per heavy atom. The number of hydrogen-bond donors (Lipinski definition) is 2. The number of hydrogen-bond acceptors (Lipinski definition) is 3. The van der Waals surface area contributed by atoms with Crippen LogP contribution in [0.5, 0.6) is 0 Å². The summed E-state index contributed by atoms with van der Waals surface area (Å²) in [7, 11) is 1.67. The van der Waals surface area contributed by atoms with Crippen molar-refractivity contribution >= 4 is 11.9 Å². The van der Waals surface area contributed by atoms with Gasteiger partial charge in [0.1, 0.15) is 0 Å². The molecule has 1 unspecified atom stereocenters. The third-order valence-electron chi connectivity index (χ3n) is 2.68. The molecule has 1 aliphatic heterocycles. The molecule has 0 saturated carbocycles. The predicted molar refractivity (Wildman–Crippen MR) is 55.5 cm³/mol. The molecule has 86 valence electrons. The zero-order valence-corrected chi connectivity index (χ0v) is 9.03. The topological polar surface area (TPSA) is 69.6 Å². The summed E-state index contributed by atoms with van der Waals surface area (Å²) in [5, 5.41) is 11.7. The average Bonchev–Trinajstić information content (AvgIpc) is 2.26. The molecular formula is C10H18N2O3. The van der Waals surface area contributed by atoms with Crippen LogP contribution in [0.4, 0.5) is 0 Å². The fraction of sp³-hybridized carbons (Fsp3) is 0.800. The van der Waals surface area contributed by atoms with Crippen LogP contribution in [-0.2, 0) is 9.59 Å². The summed E-state index contributed by atoms with van der Waals surface area (Å²) in [5.74, 6) is -0.780. The quantitative estimate of drug-likeness (QED) is 0.686. The van der Waals surface area contributed by atoms with Gasteiger partial charge in [-0.2, -0.15) is 0 Å². The molecule has 1 aliphatic rings. The van der Waals surface area contributed by atoms with E-state index < -0.39 is 5.97 Å². The van der Waals surface area contributed by atoms with Gasteiger partial charge in [0.2, 0.25) is 5.91 Å². The van der Waals surface area contributed by atoms with Crippen LogP contribution in [0.3, 0.4) is 0 Å². The van der Waals surface area contributed by atoms with Crippen LogP contribution in [0.15, 0.2) is 0 Å². The summed E-state index contributed by atoms with van der Waals surface area (Å²) in [5.41, 5.74) is 0. The maximum absolute atomic E-state index is 11.8. The molecule has 5 heteroatoms. The van der Waals surface area contributed by atoms with E-state index in [0.717, 1.165) is 25.9 Å². The molecule has 1 saturated heterocycles. The van der Waals surface area contributed by atoms with Crippen molar-refractivity contribution in [1.29, 1.82) is 0 Å². The number of rotatable bonds is 4. The van der Waals surface area contributed by atoms with Gasteiger partial charge in [-0.3, -0.25) is 9.59 Å². The van der Waals surface area contributed by atoms with Crippen LogP contribution in [0.25, 0.3) is 0 Å². The maximum Gasteiger partial charge on any atom is 0.305 e. The molecule has 1 rings (SSSR count). The summed E-state index contributed by atoms with van der Waals surface area (Å²) in [6.07, 6.45) is 1.94. The van der Waals surface area contributed by atoms with Gasteiger partial charge in [0.05, 0.1) is 12.3 Å². The van der Waals surface area contributed by atoms with E-state index in [4.69, 9.17) is 5.11 Å². The number of nitrogens with zero attached hydrogens (tertiary/aromatic N) is 1. The Bertz CT molecular complexity index is 237. The lowest BCUT2D eigenvalue weighted by Gasteiger charge is -2.26. The fourth-order valence-corrected chi connectivity index (χ4v) is 1.75. The van der Waals surface area contributed by atoms with Crippen LogP contribution >= 0.6 is 0 Å². The second-order valence-corrected chi connectivity index (χ2v) is 3.95. The van der Waals surface area contributed by atoms with Gasteiger partial charge in [-0.1, -0.05) is 0 Å². The normalized spacial score (nSPS) is 21.0. The number of nitrogens with one attached hydrogen (secondary N) is 1. The first-order valence-electron chi connectivity index (χ1n) is 5.28. The second-order valence-electron chi connectivity index (χ2n) is 3.95. The zero-order chi connectivity index (χ0) is 11.3. The molecule has 1 fully saturated rings. The van der Waals surface area contributed by atoms with Gasteiger partial charge >= 0.3 is 5.97 Å². The van der Waals surface area contributed by atoms with E-state index in [1.165, 1.54) is 4.90 Å². The minimum Gasteiger partial charge on any atom is -0.481 e. The Labute approximate surface area is 89.4 Å². The van der Waals surface area contributed by atoms with Gasteiger partial charge in [0, 0.05) is 20.1 Å². The number of carboxylic acid groups (broad SMARTS) is 1. The van der Waals surface area contributed by atoms with Crippen molar-refractivity contribution in [2.24, 2.45) is 5.92 Å². The first-order chi connectivity index (χ1) is 7.11. The molecule has 0 aromatic heterocycles. The SMILES string of the molecule is CN(CCC(=O)O)C(=O)C1CCCNC1. The average molecular weight is 214 g/mol. The Kier molecular flexibility index (Phi) is 4.55. The van der Waals surface area contributed by atoms with E-state index in [1.807, 2.05) is 0 Å². The van der Waals surface area contributed by atoms with Gasteiger partial charge in [0.25, 0.3) is 0 Å². The van der Waals surface area contributed by atoms with Crippen LogP contribution in [-0.4, -0.2) is 48.6 Å². The monoisotopic (exact) mass is 214 g/mol. The highest BCUT2D eigenvalue weighted by Crippen LogP contribution is 2.12. The predicted octanol–water partition coefficient (Wildman–Crippen LogP) is -0.0809. The number of aliphatic carboxylic acids is 1. The minimum absolute atomic E-state index is 0.0163. The minimum atomic E-state index is -0.864. The standard InChI is InChI=1S/C10H18N2O3/c1-12(6-4-9(13)14)10(15)8-3-2-5-11-7-8/h8,11H,2-7H2,1H3,(H,13,14). The lowest BCUT2D eigenvalue weighted by Crippen LogP contribution is -2.42. The van der Waals surface area contributed by atoms with Crippen LogP contribution in [0.1, 0.15) is 19.3 Å². The molecule has 1 heterocycles. The first kappa shape index (κ1) is 12.0. The number of carbonyl (C=O) groups excluding carboxylic acids is 1. The van der Waals surface area contributed by atoms with E-state index >= 15 is 0 Å². The molecule has 5 nitrogen and oxygen atoms in total. The highest BCUT2D eigenvalue weighted by atomic mass is 16.4. The van der Waals surface area contributed by atoms with E-state index in [0.29, 0.717) is 6.54 Å². The van der Waals surface area contributed by atoms with Crippen molar-refractivity contribution in [3.05, 3.63) is 0 Å². The van der Waals surface area contributed by atoms with Crippen molar-refractivity contribution < 1.29 is 14.7 Å². The summed E-state index contributed by atoms with van der Waals surface area (Å²) in [4.78, 5) is 23.7. The second kappa shape index (κ2) is 5.70. The molecular weight excluding hydrogens is 196 g/mol. The number of amides is 1. The first-order valence-corrected chi connectivity index (χ1v) is 5.28. The van der Waals surface area contributed by atoms with Gasteiger partial charge in [-0.25, -0.2) is 0 Å². The Morgan fingerprint density at radius 2 is 2.27 bits per heavy atom. The Balaban J connectivity index is 2.33. The molecule has 15 heavy (non-hydrogen) atoms. The van der Waals surface area contributed by atoms with Crippen molar-refractivity contribution in [2.75, 3.05) is 26.7 Å². The summed E-state index contributed by atoms with van der Waals surface area (Å²) >= 11 is 0. The lowest BCUT2D eigenvalue weighted by atomic mass is 9.98. The lowest BCUT2D eigenvalue weighted by molar-refractivity contribution is -0.139. The molecule has 2 N–H and O–H groups in total. The molecule has 0 aromatic carbocycles. The van der Waals surface area contributed by atoms with Gasteiger partial charge in [0.15, 0.2) is 0 Å². The summed E-state index contributed by atoms with van der Waals surface area (Å²) in [6.45, 7) is 1.99. The highest BCUT2D eigenvalue weighted by molar-refractivity contribution is 5.79. The maximum atomic E-state index is 11.8.